The predicted molar refractivity (Wildman–Crippen MR) is 160 cm³/mol. The van der Waals surface area contributed by atoms with Gasteiger partial charge in [0.2, 0.25) is 0 Å². The van der Waals surface area contributed by atoms with Gasteiger partial charge < -0.3 is 5.32 Å². The topological polar surface area (TPSA) is 29.0 Å². The Balaban J connectivity index is 1.65. The van der Waals surface area contributed by atoms with Crippen LogP contribution in [0.15, 0.2) is 128 Å². The molecule has 0 aliphatic heterocycles. The molecule has 6 aromatic carbocycles. The molecule has 2 N–H and O–H groups in total. The Morgan fingerprint density at radius 2 is 1.08 bits per heavy atom. The van der Waals surface area contributed by atoms with Crippen molar-refractivity contribution in [1.82, 2.24) is 4.68 Å². The van der Waals surface area contributed by atoms with Crippen LogP contribution in [0.5, 0.6) is 0 Å². The second-order valence-corrected chi connectivity index (χ2v) is 9.25. The van der Waals surface area contributed by atoms with Gasteiger partial charge >= 0.3 is 0 Å². The number of hydrogen-bond donors (Lipinski definition) is 2. The van der Waals surface area contributed by atoms with Crippen LogP contribution in [0, 0.1) is 0 Å². The fraction of sp³-hybridized carbons (Fsp3) is 0. The Kier molecular flexibility index (Phi) is 4.93. The van der Waals surface area contributed by atoms with E-state index in [4.69, 9.17) is 0 Å². The van der Waals surface area contributed by atoms with Gasteiger partial charge in [-0.3, -0.25) is 10.1 Å². The highest BCUT2D eigenvalue weighted by Gasteiger charge is 2.21. The van der Waals surface area contributed by atoms with E-state index in [1.165, 1.54) is 32.3 Å². The van der Waals surface area contributed by atoms with Gasteiger partial charge in [0.05, 0.1) is 16.7 Å². The molecule has 7 aromatic rings. The molecule has 7 rings (SSSR count). The van der Waals surface area contributed by atoms with Crippen LogP contribution in [-0.4, -0.2) is 4.68 Å². The molecule has 0 bridgehead atoms. The number of aromatic nitrogens is 1. The van der Waals surface area contributed by atoms with Gasteiger partial charge in [0.25, 0.3) is 0 Å². The molecular weight excluding hydrogens is 450 g/mol. The molecule has 0 radical (unpaired) electrons. The summed E-state index contributed by atoms with van der Waals surface area (Å²) < 4.78 is 2.25. The Hall–Kier alpha value is -5.02. The Labute approximate surface area is 215 Å². The molecular formula is C34H25N3. The first-order valence-corrected chi connectivity index (χ1v) is 12.5. The number of benzene rings is 6. The van der Waals surface area contributed by atoms with Gasteiger partial charge in [0.15, 0.2) is 0 Å². The zero-order valence-corrected chi connectivity index (χ0v) is 20.3. The quantitative estimate of drug-likeness (QED) is 0.243. The van der Waals surface area contributed by atoms with Gasteiger partial charge in [-0.1, -0.05) is 97.6 Å². The summed E-state index contributed by atoms with van der Waals surface area (Å²) in [6, 6.07) is 42.4. The summed E-state index contributed by atoms with van der Waals surface area (Å²) in [5.74, 6) is 0. The molecule has 0 aliphatic rings. The van der Waals surface area contributed by atoms with E-state index >= 15 is 0 Å². The number of nitrogens with one attached hydrogen (secondary N) is 2. The number of fused-ring (bicyclic) bond motifs is 8. The van der Waals surface area contributed by atoms with E-state index in [0.717, 1.165) is 33.7 Å². The van der Waals surface area contributed by atoms with Gasteiger partial charge in [-0.05, 0) is 52.6 Å². The van der Waals surface area contributed by atoms with Crippen LogP contribution >= 0.6 is 0 Å². The second-order valence-electron chi connectivity index (χ2n) is 9.25. The molecule has 0 saturated heterocycles. The molecule has 37 heavy (non-hydrogen) atoms. The smallest absolute Gasteiger partial charge is 0.0803 e. The number of anilines is 3. The summed E-state index contributed by atoms with van der Waals surface area (Å²) in [5.41, 5.74) is 10.1. The lowest BCUT2D eigenvalue weighted by atomic mass is 9.96. The third-order valence-electron chi connectivity index (χ3n) is 7.11. The van der Waals surface area contributed by atoms with Crippen molar-refractivity contribution in [2.24, 2.45) is 0 Å². The first kappa shape index (κ1) is 21.3. The van der Waals surface area contributed by atoms with Gasteiger partial charge in [-0.15, -0.1) is 0 Å². The van der Waals surface area contributed by atoms with Crippen LogP contribution in [-0.2, 0) is 0 Å². The average Bonchev–Trinajstić information content (AvgIpc) is 3.28. The number of hydrogen-bond acceptors (Lipinski definition) is 2. The Morgan fingerprint density at radius 1 is 0.514 bits per heavy atom. The van der Waals surface area contributed by atoms with Gasteiger partial charge in [-0.2, -0.15) is 0 Å². The number of nitrogens with zero attached hydrogens (tertiary/aromatic N) is 1. The summed E-state index contributed by atoms with van der Waals surface area (Å²) in [6.07, 6.45) is 1.96. The van der Waals surface area contributed by atoms with Crippen molar-refractivity contribution in [3.05, 3.63) is 133 Å². The van der Waals surface area contributed by atoms with E-state index in [0.29, 0.717) is 0 Å². The molecule has 0 amide bonds. The molecule has 0 saturated carbocycles. The first-order valence-electron chi connectivity index (χ1n) is 12.5. The zero-order valence-electron chi connectivity index (χ0n) is 20.3. The van der Waals surface area contributed by atoms with Crippen LogP contribution in [0.1, 0.15) is 5.56 Å². The SMILES string of the molecule is C=Cc1c(Nc2ccccc2)ccc2c3c4ccccc4c4ccccc4c3n(Nc3ccccc3)c12. The highest BCUT2D eigenvalue weighted by molar-refractivity contribution is 6.32. The number of rotatable bonds is 5. The van der Waals surface area contributed by atoms with E-state index in [9.17, 15) is 0 Å². The monoisotopic (exact) mass is 475 g/mol. The maximum Gasteiger partial charge on any atom is 0.0803 e. The van der Waals surface area contributed by atoms with Crippen LogP contribution in [0.4, 0.5) is 17.1 Å². The van der Waals surface area contributed by atoms with E-state index < -0.39 is 0 Å². The minimum Gasteiger partial charge on any atom is -0.355 e. The molecule has 0 spiro atoms. The van der Waals surface area contributed by atoms with Crippen LogP contribution in [0.3, 0.4) is 0 Å². The molecule has 1 heterocycles. The first-order chi connectivity index (χ1) is 18.3. The largest absolute Gasteiger partial charge is 0.355 e. The molecule has 0 atom stereocenters. The van der Waals surface area contributed by atoms with Crippen molar-refractivity contribution in [1.29, 1.82) is 0 Å². The van der Waals surface area contributed by atoms with Gasteiger partial charge in [0.1, 0.15) is 0 Å². The van der Waals surface area contributed by atoms with Crippen molar-refractivity contribution >= 4 is 66.5 Å². The molecule has 3 nitrogen and oxygen atoms in total. The average molecular weight is 476 g/mol. The van der Waals surface area contributed by atoms with Gasteiger partial charge in [-0.25, -0.2) is 0 Å². The normalized spacial score (nSPS) is 11.4. The molecule has 0 aliphatic carbocycles. The minimum absolute atomic E-state index is 1.02. The third kappa shape index (κ3) is 3.36. The minimum atomic E-state index is 1.02. The van der Waals surface area contributed by atoms with Crippen LogP contribution in [0.25, 0.3) is 49.4 Å². The second kappa shape index (κ2) is 8.58. The van der Waals surface area contributed by atoms with Crippen molar-refractivity contribution < 1.29 is 0 Å². The van der Waals surface area contributed by atoms with E-state index in [2.05, 4.69) is 119 Å². The predicted octanol–water partition coefficient (Wildman–Crippen LogP) is 9.36. The van der Waals surface area contributed by atoms with Crippen molar-refractivity contribution in [3.8, 4) is 0 Å². The summed E-state index contributed by atoms with van der Waals surface area (Å²) in [7, 11) is 0. The van der Waals surface area contributed by atoms with E-state index in [1.54, 1.807) is 0 Å². The summed E-state index contributed by atoms with van der Waals surface area (Å²) in [5, 5.41) is 11.0. The lowest BCUT2D eigenvalue weighted by molar-refractivity contribution is 1.06. The maximum absolute atomic E-state index is 4.25. The molecule has 0 unspecified atom stereocenters. The highest BCUT2D eigenvalue weighted by atomic mass is 15.4. The molecule has 1 aromatic heterocycles. The zero-order chi connectivity index (χ0) is 24.8. The standard InChI is InChI=1S/C34H25N3/c1-2-25-31(35-23-13-5-3-6-14-23)22-21-30-32-28-19-11-9-17-26(28)27-18-10-12-20-29(27)34(32)37(33(25)30)36-24-15-7-4-8-16-24/h2-22,35-36H,1H2. The maximum atomic E-state index is 4.25. The summed E-state index contributed by atoms with van der Waals surface area (Å²) in [4.78, 5) is 0. The van der Waals surface area contributed by atoms with Crippen LogP contribution in [0.2, 0.25) is 0 Å². The Bertz CT molecular complexity index is 1930. The summed E-state index contributed by atoms with van der Waals surface area (Å²) in [6.45, 7) is 4.25. The molecule has 0 fully saturated rings. The van der Waals surface area contributed by atoms with E-state index in [1.807, 2.05) is 30.3 Å². The fourth-order valence-corrected chi connectivity index (χ4v) is 5.54. The highest BCUT2D eigenvalue weighted by Crippen LogP contribution is 2.43. The lowest BCUT2D eigenvalue weighted by Gasteiger charge is -2.16. The van der Waals surface area contributed by atoms with Crippen LogP contribution < -0.4 is 10.7 Å². The lowest BCUT2D eigenvalue weighted by Crippen LogP contribution is -2.10. The fourth-order valence-electron chi connectivity index (χ4n) is 5.54. The van der Waals surface area contributed by atoms with E-state index in [-0.39, 0.29) is 0 Å². The number of para-hydroxylation sites is 2. The molecule has 176 valence electrons. The summed E-state index contributed by atoms with van der Waals surface area (Å²) >= 11 is 0. The third-order valence-corrected chi connectivity index (χ3v) is 7.11. The van der Waals surface area contributed by atoms with Crippen molar-refractivity contribution in [2.75, 3.05) is 10.7 Å². The van der Waals surface area contributed by atoms with Crippen molar-refractivity contribution in [3.63, 3.8) is 0 Å². The Morgan fingerprint density at radius 3 is 1.76 bits per heavy atom. The van der Waals surface area contributed by atoms with Gasteiger partial charge in [0, 0.05) is 33.1 Å². The molecule has 3 heteroatoms. The van der Waals surface area contributed by atoms with Crippen molar-refractivity contribution in [2.45, 2.75) is 0 Å².